The first kappa shape index (κ1) is 21.4. The average molecular weight is 447 g/mol. The Morgan fingerprint density at radius 1 is 0.903 bits per heavy atom. The molecule has 8 heteroatoms. The Bertz CT molecular complexity index is 1030. The summed E-state index contributed by atoms with van der Waals surface area (Å²) in [6.45, 7) is 0. The summed E-state index contributed by atoms with van der Waals surface area (Å²) in [5, 5.41) is 6.43. The van der Waals surface area contributed by atoms with Crippen molar-refractivity contribution in [3.63, 3.8) is 0 Å². The van der Waals surface area contributed by atoms with E-state index in [0.29, 0.717) is 29.2 Å². The summed E-state index contributed by atoms with van der Waals surface area (Å²) in [7, 11) is 0. The second kappa shape index (κ2) is 9.14. The maximum Gasteiger partial charge on any atom is 0.416 e. The van der Waals surface area contributed by atoms with Crippen LogP contribution in [0.15, 0.2) is 54.6 Å². The second-order valence-corrected chi connectivity index (χ2v) is 8.03. The van der Waals surface area contributed by atoms with Gasteiger partial charge in [-0.05, 0) is 31.0 Å². The van der Waals surface area contributed by atoms with Gasteiger partial charge in [-0.2, -0.15) is 18.2 Å². The van der Waals surface area contributed by atoms with Crippen molar-refractivity contribution in [3.8, 4) is 11.3 Å². The molecule has 4 rings (SSSR count). The molecule has 31 heavy (non-hydrogen) atoms. The zero-order valence-corrected chi connectivity index (χ0v) is 17.5. The SMILES string of the molecule is FC(F)(F)c1ccc(Nc2cc(-c3ccccc3)nc(NC3CCCCC3)n2)c(Cl)c1. The van der Waals surface area contributed by atoms with Crippen molar-refractivity contribution in [2.24, 2.45) is 0 Å². The number of halogens is 4. The van der Waals surface area contributed by atoms with Gasteiger partial charge in [-0.25, -0.2) is 4.98 Å². The van der Waals surface area contributed by atoms with Crippen LogP contribution in [0.5, 0.6) is 0 Å². The fourth-order valence-corrected chi connectivity index (χ4v) is 3.92. The fourth-order valence-electron chi connectivity index (χ4n) is 3.69. The van der Waals surface area contributed by atoms with E-state index in [1.807, 2.05) is 30.3 Å². The third-order valence-electron chi connectivity index (χ3n) is 5.29. The first-order valence-electron chi connectivity index (χ1n) is 10.2. The molecule has 3 aromatic rings. The maximum atomic E-state index is 12.9. The van der Waals surface area contributed by atoms with Crippen LogP contribution in [0, 0.1) is 0 Å². The standard InChI is InChI=1S/C23H22ClF3N4/c24-18-13-16(23(25,26)27)11-12-19(18)29-21-14-20(15-7-3-1-4-8-15)30-22(31-21)28-17-9-5-2-6-10-17/h1,3-4,7-8,11-14,17H,2,5-6,9-10H2,(H2,28,29,30,31). The summed E-state index contributed by atoms with van der Waals surface area (Å²) in [5.41, 5.74) is 1.17. The molecule has 1 aromatic heterocycles. The summed E-state index contributed by atoms with van der Waals surface area (Å²) in [5.74, 6) is 0.938. The van der Waals surface area contributed by atoms with Crippen LogP contribution >= 0.6 is 11.6 Å². The highest BCUT2D eigenvalue weighted by molar-refractivity contribution is 6.33. The second-order valence-electron chi connectivity index (χ2n) is 7.62. The van der Waals surface area contributed by atoms with Crippen molar-refractivity contribution in [2.45, 2.75) is 44.3 Å². The molecule has 1 heterocycles. The average Bonchev–Trinajstić information content (AvgIpc) is 2.76. The maximum absolute atomic E-state index is 12.9. The van der Waals surface area contributed by atoms with Gasteiger partial charge >= 0.3 is 6.18 Å². The first-order chi connectivity index (χ1) is 14.9. The van der Waals surface area contributed by atoms with E-state index < -0.39 is 11.7 Å². The zero-order valence-electron chi connectivity index (χ0n) is 16.7. The van der Waals surface area contributed by atoms with E-state index in [4.69, 9.17) is 11.6 Å². The van der Waals surface area contributed by atoms with Crippen LogP contribution < -0.4 is 10.6 Å². The highest BCUT2D eigenvalue weighted by Crippen LogP contribution is 2.35. The number of aromatic nitrogens is 2. The van der Waals surface area contributed by atoms with Crippen LogP contribution in [0.3, 0.4) is 0 Å². The van der Waals surface area contributed by atoms with Gasteiger partial charge in [0.05, 0.1) is 22.0 Å². The van der Waals surface area contributed by atoms with E-state index in [1.54, 1.807) is 6.07 Å². The van der Waals surface area contributed by atoms with Crippen molar-refractivity contribution >= 4 is 29.1 Å². The van der Waals surface area contributed by atoms with Crippen LogP contribution in [0.1, 0.15) is 37.7 Å². The number of anilines is 3. The molecule has 1 aliphatic rings. The quantitative estimate of drug-likeness (QED) is 0.431. The van der Waals surface area contributed by atoms with Crippen LogP contribution in [0.2, 0.25) is 5.02 Å². The summed E-state index contributed by atoms with van der Waals surface area (Å²) in [6, 6.07) is 14.9. The van der Waals surface area contributed by atoms with Gasteiger partial charge in [0.2, 0.25) is 5.95 Å². The van der Waals surface area contributed by atoms with Crippen LogP contribution in [0.4, 0.5) is 30.6 Å². The molecule has 0 unspecified atom stereocenters. The summed E-state index contributed by atoms with van der Waals surface area (Å²) in [6.07, 6.45) is 1.25. The molecule has 0 radical (unpaired) electrons. The summed E-state index contributed by atoms with van der Waals surface area (Å²) >= 11 is 6.12. The van der Waals surface area contributed by atoms with Crippen LogP contribution in [-0.4, -0.2) is 16.0 Å². The van der Waals surface area contributed by atoms with Gasteiger partial charge in [0.1, 0.15) is 5.82 Å². The Morgan fingerprint density at radius 3 is 2.32 bits per heavy atom. The van der Waals surface area contributed by atoms with Crippen molar-refractivity contribution < 1.29 is 13.2 Å². The van der Waals surface area contributed by atoms with E-state index in [0.717, 1.165) is 30.5 Å². The molecule has 0 saturated heterocycles. The molecule has 0 aliphatic heterocycles. The van der Waals surface area contributed by atoms with E-state index in [1.165, 1.54) is 25.3 Å². The zero-order chi connectivity index (χ0) is 21.8. The highest BCUT2D eigenvalue weighted by Gasteiger charge is 2.31. The highest BCUT2D eigenvalue weighted by atomic mass is 35.5. The van der Waals surface area contributed by atoms with Crippen LogP contribution in [-0.2, 0) is 6.18 Å². The van der Waals surface area contributed by atoms with Crippen molar-refractivity contribution in [2.75, 3.05) is 10.6 Å². The minimum Gasteiger partial charge on any atom is -0.351 e. The van der Waals surface area contributed by atoms with E-state index in [2.05, 4.69) is 20.6 Å². The molecule has 1 fully saturated rings. The van der Waals surface area contributed by atoms with E-state index in [-0.39, 0.29) is 5.02 Å². The van der Waals surface area contributed by atoms with Crippen molar-refractivity contribution in [3.05, 3.63) is 65.2 Å². The molecule has 1 saturated carbocycles. The minimum absolute atomic E-state index is 0.0310. The van der Waals surface area contributed by atoms with Gasteiger partial charge in [-0.3, -0.25) is 0 Å². The molecule has 162 valence electrons. The lowest BCUT2D eigenvalue weighted by Gasteiger charge is -2.23. The number of nitrogens with one attached hydrogen (secondary N) is 2. The molecule has 1 aliphatic carbocycles. The Hall–Kier alpha value is -2.80. The minimum atomic E-state index is -4.45. The largest absolute Gasteiger partial charge is 0.416 e. The molecule has 0 atom stereocenters. The number of nitrogens with zero attached hydrogens (tertiary/aromatic N) is 2. The van der Waals surface area contributed by atoms with Gasteiger partial charge in [-0.15, -0.1) is 0 Å². The normalized spacial score (nSPS) is 15.0. The van der Waals surface area contributed by atoms with Gasteiger partial charge in [0.25, 0.3) is 0 Å². The fraction of sp³-hybridized carbons (Fsp3) is 0.304. The Kier molecular flexibility index (Phi) is 6.32. The molecular formula is C23H22ClF3N4. The lowest BCUT2D eigenvalue weighted by Crippen LogP contribution is -2.23. The third kappa shape index (κ3) is 5.47. The molecule has 2 N–H and O–H groups in total. The number of alkyl halides is 3. The third-order valence-corrected chi connectivity index (χ3v) is 5.61. The van der Waals surface area contributed by atoms with Gasteiger partial charge in [0, 0.05) is 17.7 Å². The topological polar surface area (TPSA) is 49.8 Å². The smallest absolute Gasteiger partial charge is 0.351 e. The van der Waals surface area contributed by atoms with Crippen molar-refractivity contribution in [1.29, 1.82) is 0 Å². The predicted octanol–water partition coefficient (Wildman–Crippen LogP) is 7.30. The Balaban J connectivity index is 1.65. The summed E-state index contributed by atoms with van der Waals surface area (Å²) in [4.78, 5) is 9.21. The molecule has 4 nitrogen and oxygen atoms in total. The molecule has 2 aromatic carbocycles. The first-order valence-corrected chi connectivity index (χ1v) is 10.6. The van der Waals surface area contributed by atoms with E-state index >= 15 is 0 Å². The summed E-state index contributed by atoms with van der Waals surface area (Å²) < 4.78 is 38.8. The molecular weight excluding hydrogens is 425 g/mol. The molecule has 0 amide bonds. The lowest BCUT2D eigenvalue weighted by molar-refractivity contribution is -0.137. The van der Waals surface area contributed by atoms with E-state index in [9.17, 15) is 13.2 Å². The molecule has 0 bridgehead atoms. The van der Waals surface area contributed by atoms with Gasteiger partial charge < -0.3 is 10.6 Å². The molecule has 0 spiro atoms. The van der Waals surface area contributed by atoms with Gasteiger partial charge in [-0.1, -0.05) is 61.2 Å². The van der Waals surface area contributed by atoms with Gasteiger partial charge in [0.15, 0.2) is 0 Å². The number of hydrogen-bond acceptors (Lipinski definition) is 4. The monoisotopic (exact) mass is 446 g/mol. The Labute approximate surface area is 183 Å². The number of benzene rings is 2. The lowest BCUT2D eigenvalue weighted by atomic mass is 9.96. The predicted molar refractivity (Wildman–Crippen MR) is 118 cm³/mol. The number of hydrogen-bond donors (Lipinski definition) is 2. The Morgan fingerprint density at radius 2 is 1.65 bits per heavy atom. The number of rotatable bonds is 5. The van der Waals surface area contributed by atoms with Crippen LogP contribution in [0.25, 0.3) is 11.3 Å². The van der Waals surface area contributed by atoms with Crippen molar-refractivity contribution in [1.82, 2.24) is 9.97 Å².